The number of aryl methyl sites for hydroxylation is 1. The van der Waals surface area contributed by atoms with Crippen molar-refractivity contribution in [3.8, 4) is 0 Å². The molecule has 136 valence electrons. The van der Waals surface area contributed by atoms with Crippen LogP contribution < -0.4 is 10.6 Å². The molecular formula is C18H19N3O4S. The maximum atomic E-state index is 12.4. The Balaban J connectivity index is 2.06. The summed E-state index contributed by atoms with van der Waals surface area (Å²) in [5.41, 5.74) is 1.12. The van der Waals surface area contributed by atoms with Gasteiger partial charge in [0.1, 0.15) is 0 Å². The van der Waals surface area contributed by atoms with Crippen molar-refractivity contribution in [2.75, 3.05) is 7.05 Å². The van der Waals surface area contributed by atoms with E-state index in [1.165, 1.54) is 25.3 Å². The van der Waals surface area contributed by atoms with Gasteiger partial charge in [-0.3, -0.25) is 19.7 Å². The summed E-state index contributed by atoms with van der Waals surface area (Å²) in [5.74, 6) is -0.668. The fourth-order valence-electron chi connectivity index (χ4n) is 2.26. The average molecular weight is 373 g/mol. The third-order valence-electron chi connectivity index (χ3n) is 3.63. The van der Waals surface area contributed by atoms with E-state index in [-0.39, 0.29) is 21.8 Å². The summed E-state index contributed by atoms with van der Waals surface area (Å²) in [4.78, 5) is 34.3. The van der Waals surface area contributed by atoms with Crippen molar-refractivity contribution in [2.45, 2.75) is 18.9 Å². The quantitative estimate of drug-likeness (QED) is 0.422. The van der Waals surface area contributed by atoms with E-state index in [9.17, 15) is 19.7 Å². The van der Waals surface area contributed by atoms with Crippen molar-refractivity contribution < 1.29 is 14.5 Å². The number of hydrogen-bond acceptors (Lipinski definition) is 5. The van der Waals surface area contributed by atoms with E-state index in [0.29, 0.717) is 12.8 Å². The molecule has 0 aliphatic rings. The lowest BCUT2D eigenvalue weighted by Gasteiger charge is -2.14. The molecule has 2 aromatic rings. The highest BCUT2D eigenvalue weighted by Gasteiger charge is 2.17. The maximum Gasteiger partial charge on any atom is 0.324 e. The zero-order valence-corrected chi connectivity index (χ0v) is 15.0. The summed E-state index contributed by atoms with van der Waals surface area (Å²) in [7, 11) is 1.52. The summed E-state index contributed by atoms with van der Waals surface area (Å²) in [6.45, 7) is 0. The van der Waals surface area contributed by atoms with Gasteiger partial charge < -0.3 is 10.6 Å². The summed E-state index contributed by atoms with van der Waals surface area (Å²) in [6, 6.07) is 12.1. The Bertz CT molecular complexity index is 802. The van der Waals surface area contributed by atoms with Gasteiger partial charge >= 0.3 is 5.00 Å². The average Bonchev–Trinajstić information content (AvgIpc) is 3.15. The van der Waals surface area contributed by atoms with Gasteiger partial charge in [0.05, 0.1) is 9.80 Å². The molecule has 2 N–H and O–H groups in total. The highest BCUT2D eigenvalue weighted by molar-refractivity contribution is 7.17. The second-order valence-corrected chi connectivity index (χ2v) is 6.53. The standard InChI is InChI=1S/C18H19N3O4S/c1-19-16(22)11-9-14(8-7-13-5-3-2-4-6-13)20-18(23)15-10-12-17(26-15)21(24)25/h2-6,9-12,14H,7-8H2,1H3,(H,19,22)(H,20,23)/b11-9+/t14-/m0/s1. The number of hydrogen-bond donors (Lipinski definition) is 2. The molecule has 0 saturated carbocycles. The predicted octanol–water partition coefficient (Wildman–Crippen LogP) is 2.69. The molecule has 2 amide bonds. The largest absolute Gasteiger partial charge is 0.356 e. The number of thiophene rings is 1. The van der Waals surface area contributed by atoms with Gasteiger partial charge in [-0.2, -0.15) is 0 Å². The monoisotopic (exact) mass is 373 g/mol. The highest BCUT2D eigenvalue weighted by Crippen LogP contribution is 2.24. The van der Waals surface area contributed by atoms with E-state index in [1.807, 2.05) is 30.3 Å². The molecule has 0 aliphatic heterocycles. The van der Waals surface area contributed by atoms with Crippen LogP contribution in [0.5, 0.6) is 0 Å². The third-order valence-corrected chi connectivity index (χ3v) is 4.66. The zero-order valence-electron chi connectivity index (χ0n) is 14.2. The Morgan fingerprint density at radius 1 is 1.23 bits per heavy atom. The van der Waals surface area contributed by atoms with Crippen LogP contribution >= 0.6 is 11.3 Å². The molecule has 1 heterocycles. The second kappa shape index (κ2) is 9.47. The van der Waals surface area contributed by atoms with Gasteiger partial charge in [0, 0.05) is 25.2 Å². The molecule has 0 radical (unpaired) electrons. The topological polar surface area (TPSA) is 101 Å². The van der Waals surface area contributed by atoms with Gasteiger partial charge in [0.15, 0.2) is 0 Å². The number of likely N-dealkylation sites (N-methyl/N-ethyl adjacent to an activating group) is 1. The molecule has 0 fully saturated rings. The molecule has 1 atom stereocenters. The molecular weight excluding hydrogens is 354 g/mol. The van der Waals surface area contributed by atoms with Crippen molar-refractivity contribution >= 4 is 28.2 Å². The fraction of sp³-hybridized carbons (Fsp3) is 0.222. The second-order valence-electron chi connectivity index (χ2n) is 5.47. The van der Waals surface area contributed by atoms with Gasteiger partial charge in [-0.05, 0) is 24.5 Å². The van der Waals surface area contributed by atoms with E-state index in [0.717, 1.165) is 16.9 Å². The number of nitro groups is 1. The van der Waals surface area contributed by atoms with Gasteiger partial charge in [-0.25, -0.2) is 0 Å². The lowest BCUT2D eigenvalue weighted by molar-refractivity contribution is -0.380. The summed E-state index contributed by atoms with van der Waals surface area (Å²) < 4.78 is 0. The lowest BCUT2D eigenvalue weighted by atomic mass is 10.0. The minimum absolute atomic E-state index is 0.0862. The fourth-order valence-corrected chi connectivity index (χ4v) is 2.98. The molecule has 0 saturated heterocycles. The van der Waals surface area contributed by atoms with Crippen molar-refractivity contribution in [1.82, 2.24) is 10.6 Å². The van der Waals surface area contributed by atoms with Crippen LogP contribution in [0, 0.1) is 10.1 Å². The SMILES string of the molecule is CNC(=O)/C=C/[C@H](CCc1ccccc1)NC(=O)c1ccc([N+](=O)[O-])s1. The molecule has 0 bridgehead atoms. The first-order chi connectivity index (χ1) is 12.5. The Morgan fingerprint density at radius 3 is 2.58 bits per heavy atom. The molecule has 1 aromatic carbocycles. The first-order valence-electron chi connectivity index (χ1n) is 7.98. The van der Waals surface area contributed by atoms with E-state index in [4.69, 9.17) is 0 Å². The smallest absolute Gasteiger partial charge is 0.324 e. The number of amides is 2. The minimum Gasteiger partial charge on any atom is -0.356 e. The molecule has 8 heteroatoms. The summed E-state index contributed by atoms with van der Waals surface area (Å²) in [5, 5.41) is 16.0. The van der Waals surface area contributed by atoms with E-state index >= 15 is 0 Å². The van der Waals surface area contributed by atoms with Crippen LogP contribution in [0.1, 0.15) is 21.7 Å². The normalized spacial score (nSPS) is 11.9. The number of benzene rings is 1. The number of rotatable bonds is 8. The van der Waals surface area contributed by atoms with Crippen LogP contribution in [-0.4, -0.2) is 29.8 Å². The Hall–Kier alpha value is -3.00. The molecule has 1 aromatic heterocycles. The van der Waals surface area contributed by atoms with Gasteiger partial charge in [0.2, 0.25) is 5.91 Å². The van der Waals surface area contributed by atoms with E-state index < -0.39 is 10.8 Å². The Kier molecular flexibility index (Phi) is 7.04. The number of carbonyl (C=O) groups excluding carboxylic acids is 2. The molecule has 0 spiro atoms. The Morgan fingerprint density at radius 2 is 1.96 bits per heavy atom. The first kappa shape index (κ1) is 19.3. The lowest BCUT2D eigenvalue weighted by Crippen LogP contribution is -2.33. The van der Waals surface area contributed by atoms with Gasteiger partial charge in [0.25, 0.3) is 5.91 Å². The third kappa shape index (κ3) is 5.82. The van der Waals surface area contributed by atoms with Crippen LogP contribution in [0.3, 0.4) is 0 Å². The highest BCUT2D eigenvalue weighted by atomic mass is 32.1. The summed E-state index contributed by atoms with van der Waals surface area (Å²) in [6.07, 6.45) is 4.31. The molecule has 0 unspecified atom stereocenters. The van der Waals surface area contributed by atoms with Crippen LogP contribution in [0.25, 0.3) is 0 Å². The number of nitrogens with zero attached hydrogens (tertiary/aromatic N) is 1. The summed E-state index contributed by atoms with van der Waals surface area (Å²) >= 11 is 0.820. The van der Waals surface area contributed by atoms with E-state index in [2.05, 4.69) is 10.6 Å². The molecule has 26 heavy (non-hydrogen) atoms. The first-order valence-corrected chi connectivity index (χ1v) is 8.80. The molecule has 2 rings (SSSR count). The van der Waals surface area contributed by atoms with Crippen molar-refractivity contribution in [3.63, 3.8) is 0 Å². The van der Waals surface area contributed by atoms with Crippen LogP contribution in [0.4, 0.5) is 5.00 Å². The molecule has 7 nitrogen and oxygen atoms in total. The molecule has 0 aliphatic carbocycles. The van der Waals surface area contributed by atoms with Crippen LogP contribution in [0.15, 0.2) is 54.6 Å². The van der Waals surface area contributed by atoms with E-state index in [1.54, 1.807) is 6.08 Å². The van der Waals surface area contributed by atoms with Gasteiger partial charge in [-0.15, -0.1) is 0 Å². The zero-order chi connectivity index (χ0) is 18.9. The number of carbonyl (C=O) groups is 2. The van der Waals surface area contributed by atoms with Crippen LogP contribution in [0.2, 0.25) is 0 Å². The van der Waals surface area contributed by atoms with Crippen molar-refractivity contribution in [3.05, 3.63) is 75.2 Å². The van der Waals surface area contributed by atoms with Gasteiger partial charge in [-0.1, -0.05) is 47.7 Å². The van der Waals surface area contributed by atoms with Crippen molar-refractivity contribution in [1.29, 1.82) is 0 Å². The number of nitrogens with one attached hydrogen (secondary N) is 2. The maximum absolute atomic E-state index is 12.4. The van der Waals surface area contributed by atoms with Crippen molar-refractivity contribution in [2.24, 2.45) is 0 Å². The van der Waals surface area contributed by atoms with Crippen LogP contribution in [-0.2, 0) is 11.2 Å². The Labute approximate surface area is 154 Å². The minimum atomic E-state index is -0.528. The predicted molar refractivity (Wildman–Crippen MR) is 100 cm³/mol.